The molecule has 1 saturated carbocycles. The highest BCUT2D eigenvalue weighted by Gasteiger charge is 2.36. The number of carbonyl (C=O) groups is 1. The van der Waals surface area contributed by atoms with Crippen molar-refractivity contribution < 1.29 is 4.79 Å². The zero-order chi connectivity index (χ0) is 12.7. The van der Waals surface area contributed by atoms with Crippen LogP contribution >= 0.6 is 0 Å². The maximum absolute atomic E-state index is 12.0. The number of aromatic nitrogens is 1. The second-order valence-corrected chi connectivity index (χ2v) is 5.01. The Hall–Kier alpha value is -1.97. The second kappa shape index (κ2) is 4.05. The minimum atomic E-state index is -0.0225. The Morgan fingerprint density at radius 2 is 2.33 bits per heavy atom. The van der Waals surface area contributed by atoms with Gasteiger partial charge in [-0.1, -0.05) is 13.3 Å². The van der Waals surface area contributed by atoms with E-state index in [-0.39, 0.29) is 5.91 Å². The molecule has 0 aliphatic heterocycles. The van der Waals surface area contributed by atoms with Crippen LogP contribution in [0.15, 0.2) is 24.3 Å². The van der Waals surface area contributed by atoms with Crippen molar-refractivity contribution in [3.63, 3.8) is 0 Å². The summed E-state index contributed by atoms with van der Waals surface area (Å²) in [6.07, 6.45) is 2.24. The predicted molar refractivity (Wildman–Crippen MR) is 72.4 cm³/mol. The molecule has 1 aliphatic carbocycles. The number of benzene rings is 1. The average Bonchev–Trinajstić information content (AvgIpc) is 2.96. The summed E-state index contributed by atoms with van der Waals surface area (Å²) < 4.78 is 0. The van der Waals surface area contributed by atoms with Crippen molar-refractivity contribution in [1.82, 2.24) is 10.3 Å². The van der Waals surface area contributed by atoms with Crippen LogP contribution < -0.4 is 11.1 Å². The van der Waals surface area contributed by atoms with Gasteiger partial charge in [0.05, 0.1) is 0 Å². The van der Waals surface area contributed by atoms with Gasteiger partial charge >= 0.3 is 0 Å². The van der Waals surface area contributed by atoms with Crippen molar-refractivity contribution in [2.24, 2.45) is 5.92 Å². The van der Waals surface area contributed by atoms with Gasteiger partial charge in [-0.15, -0.1) is 0 Å². The van der Waals surface area contributed by atoms with Crippen molar-refractivity contribution in [3.05, 3.63) is 30.0 Å². The minimum absolute atomic E-state index is 0.0225. The van der Waals surface area contributed by atoms with E-state index in [0.29, 0.717) is 23.3 Å². The van der Waals surface area contributed by atoms with Gasteiger partial charge < -0.3 is 16.0 Å². The molecule has 0 radical (unpaired) electrons. The van der Waals surface area contributed by atoms with Crippen LogP contribution in [-0.4, -0.2) is 16.9 Å². The number of nitrogens with one attached hydrogen (secondary N) is 2. The van der Waals surface area contributed by atoms with Crippen LogP contribution in [0.2, 0.25) is 0 Å². The van der Waals surface area contributed by atoms with Crippen molar-refractivity contribution in [2.75, 3.05) is 5.73 Å². The number of anilines is 1. The van der Waals surface area contributed by atoms with Gasteiger partial charge in [0.1, 0.15) is 5.69 Å². The highest BCUT2D eigenvalue weighted by molar-refractivity contribution is 5.98. The molecule has 0 saturated heterocycles. The lowest BCUT2D eigenvalue weighted by Gasteiger charge is -2.01. The summed E-state index contributed by atoms with van der Waals surface area (Å²) >= 11 is 0. The maximum Gasteiger partial charge on any atom is 0.267 e. The lowest BCUT2D eigenvalue weighted by atomic mass is 10.2. The predicted octanol–water partition coefficient (Wildman–Crippen LogP) is 2.28. The summed E-state index contributed by atoms with van der Waals surface area (Å²) in [5.74, 6) is 0.639. The Balaban J connectivity index is 1.79. The van der Waals surface area contributed by atoms with E-state index in [1.807, 2.05) is 24.3 Å². The van der Waals surface area contributed by atoms with Crippen molar-refractivity contribution >= 4 is 22.5 Å². The molecule has 1 aliphatic rings. The molecule has 1 aromatic heterocycles. The van der Waals surface area contributed by atoms with Gasteiger partial charge in [0.2, 0.25) is 0 Å². The van der Waals surface area contributed by atoms with E-state index in [1.54, 1.807) is 0 Å². The molecule has 1 fully saturated rings. The van der Waals surface area contributed by atoms with Crippen LogP contribution in [0.3, 0.4) is 0 Å². The molecule has 2 unspecified atom stereocenters. The largest absolute Gasteiger partial charge is 0.399 e. The van der Waals surface area contributed by atoms with Gasteiger partial charge in [-0.05, 0) is 36.6 Å². The SMILES string of the molecule is CCC1CC1NC(=O)c1cc2cc(N)ccc2[nH]1. The summed E-state index contributed by atoms with van der Waals surface area (Å²) in [6.45, 7) is 2.16. The molecule has 94 valence electrons. The van der Waals surface area contributed by atoms with Gasteiger partial charge in [0.15, 0.2) is 0 Å². The fraction of sp³-hybridized carbons (Fsp3) is 0.357. The normalized spacial score (nSPS) is 22.1. The quantitative estimate of drug-likeness (QED) is 0.724. The third-order valence-electron chi connectivity index (χ3n) is 3.65. The van der Waals surface area contributed by atoms with E-state index in [2.05, 4.69) is 17.2 Å². The van der Waals surface area contributed by atoms with E-state index in [1.165, 1.54) is 0 Å². The zero-order valence-corrected chi connectivity index (χ0v) is 10.4. The van der Waals surface area contributed by atoms with Crippen molar-refractivity contribution in [3.8, 4) is 0 Å². The first-order valence-corrected chi connectivity index (χ1v) is 6.36. The topological polar surface area (TPSA) is 70.9 Å². The molecule has 1 amide bonds. The Morgan fingerprint density at radius 3 is 3.06 bits per heavy atom. The molecular weight excluding hydrogens is 226 g/mol. The first-order valence-electron chi connectivity index (χ1n) is 6.36. The number of hydrogen-bond donors (Lipinski definition) is 3. The molecule has 2 aromatic rings. The fourth-order valence-corrected chi connectivity index (χ4v) is 2.40. The number of fused-ring (bicyclic) bond motifs is 1. The standard InChI is InChI=1S/C14H17N3O/c1-2-8-6-12(8)17-14(18)13-7-9-5-10(15)3-4-11(9)16-13/h3-5,7-8,12,16H,2,6,15H2,1H3,(H,17,18). The Kier molecular flexibility index (Phi) is 2.51. The highest BCUT2D eigenvalue weighted by atomic mass is 16.2. The van der Waals surface area contributed by atoms with Crippen LogP contribution in [-0.2, 0) is 0 Å². The molecule has 4 nitrogen and oxygen atoms in total. The number of rotatable bonds is 3. The van der Waals surface area contributed by atoms with Crippen LogP contribution in [0.4, 0.5) is 5.69 Å². The molecule has 0 spiro atoms. The van der Waals surface area contributed by atoms with Gasteiger partial charge in [0.25, 0.3) is 5.91 Å². The second-order valence-electron chi connectivity index (χ2n) is 5.01. The first kappa shape index (κ1) is 11.1. The lowest BCUT2D eigenvalue weighted by molar-refractivity contribution is 0.0945. The highest BCUT2D eigenvalue weighted by Crippen LogP contribution is 2.33. The summed E-state index contributed by atoms with van der Waals surface area (Å²) in [5, 5.41) is 4.02. The van der Waals surface area contributed by atoms with Crippen molar-refractivity contribution in [2.45, 2.75) is 25.8 Å². The fourth-order valence-electron chi connectivity index (χ4n) is 2.40. The third-order valence-corrected chi connectivity index (χ3v) is 3.65. The van der Waals surface area contributed by atoms with Crippen molar-refractivity contribution in [1.29, 1.82) is 0 Å². The van der Waals surface area contributed by atoms with E-state index in [4.69, 9.17) is 5.73 Å². The van der Waals surface area contributed by atoms with Gasteiger partial charge in [-0.25, -0.2) is 0 Å². The number of hydrogen-bond acceptors (Lipinski definition) is 2. The molecule has 3 rings (SSSR count). The molecule has 18 heavy (non-hydrogen) atoms. The van der Waals surface area contributed by atoms with Crippen LogP contribution in [0, 0.1) is 5.92 Å². The van der Waals surface area contributed by atoms with Gasteiger partial charge in [-0.3, -0.25) is 4.79 Å². The third kappa shape index (κ3) is 1.94. The number of carbonyl (C=O) groups excluding carboxylic acids is 1. The Bertz CT molecular complexity index is 602. The van der Waals surface area contributed by atoms with Crippen LogP contribution in [0.5, 0.6) is 0 Å². The molecule has 1 heterocycles. The Labute approximate surface area is 106 Å². The monoisotopic (exact) mass is 243 g/mol. The van der Waals surface area contributed by atoms with Gasteiger partial charge in [-0.2, -0.15) is 0 Å². The molecule has 1 aromatic carbocycles. The molecule has 4 heteroatoms. The average molecular weight is 243 g/mol. The number of amides is 1. The summed E-state index contributed by atoms with van der Waals surface area (Å²) in [7, 11) is 0. The van der Waals surface area contributed by atoms with E-state index in [0.717, 1.165) is 23.7 Å². The van der Waals surface area contributed by atoms with E-state index >= 15 is 0 Å². The summed E-state index contributed by atoms with van der Waals surface area (Å²) in [5.41, 5.74) is 7.98. The van der Waals surface area contributed by atoms with Gasteiger partial charge in [0, 0.05) is 22.6 Å². The number of aromatic amines is 1. The molecule has 2 atom stereocenters. The van der Waals surface area contributed by atoms with E-state index < -0.39 is 0 Å². The summed E-state index contributed by atoms with van der Waals surface area (Å²) in [6, 6.07) is 7.81. The van der Waals surface area contributed by atoms with E-state index in [9.17, 15) is 4.79 Å². The Morgan fingerprint density at radius 1 is 1.50 bits per heavy atom. The lowest BCUT2D eigenvalue weighted by Crippen LogP contribution is -2.26. The van der Waals surface area contributed by atoms with Crippen LogP contribution in [0.25, 0.3) is 10.9 Å². The maximum atomic E-state index is 12.0. The number of nitrogen functional groups attached to an aromatic ring is 1. The van der Waals surface area contributed by atoms with Crippen LogP contribution in [0.1, 0.15) is 30.3 Å². The molecule has 4 N–H and O–H groups in total. The number of nitrogens with two attached hydrogens (primary N) is 1. The first-order chi connectivity index (χ1) is 8.67. The minimum Gasteiger partial charge on any atom is -0.399 e. The smallest absolute Gasteiger partial charge is 0.267 e. The summed E-state index contributed by atoms with van der Waals surface area (Å²) in [4.78, 5) is 15.2. The molecular formula is C14H17N3O. The number of H-pyrrole nitrogens is 1. The zero-order valence-electron chi connectivity index (χ0n) is 10.4. The molecule has 0 bridgehead atoms.